The maximum absolute atomic E-state index is 12.5. The minimum absolute atomic E-state index is 0.0315. The minimum Gasteiger partial charge on any atom is -0.397 e. The molecule has 1 aliphatic rings. The number of amides is 1. The van der Waals surface area contributed by atoms with E-state index < -0.39 is 0 Å². The maximum Gasteiger partial charge on any atom is 0.253 e. The van der Waals surface area contributed by atoms with Gasteiger partial charge < -0.3 is 21.3 Å². The first kappa shape index (κ1) is 24.8. The molecule has 6 nitrogen and oxygen atoms in total. The number of nitrogens with one attached hydrogen (secondary N) is 2. The molecule has 4 N–H and O–H groups in total. The molecule has 0 saturated heterocycles. The van der Waals surface area contributed by atoms with Crippen LogP contribution in [0, 0.1) is 0 Å². The summed E-state index contributed by atoms with van der Waals surface area (Å²) in [5, 5.41) is 8.43. The van der Waals surface area contributed by atoms with Gasteiger partial charge in [0.2, 0.25) is 0 Å². The average molecular weight is 474 g/mol. The zero-order valence-corrected chi connectivity index (χ0v) is 21.2. The van der Waals surface area contributed by atoms with Crippen LogP contribution in [0.2, 0.25) is 0 Å². The Bertz CT molecular complexity index is 1160. The van der Waals surface area contributed by atoms with Crippen molar-refractivity contribution in [2.75, 3.05) is 42.5 Å². The van der Waals surface area contributed by atoms with E-state index in [2.05, 4.69) is 34.9 Å². The van der Waals surface area contributed by atoms with Crippen LogP contribution in [0.25, 0.3) is 10.9 Å². The maximum atomic E-state index is 12.5. The van der Waals surface area contributed by atoms with E-state index in [1.54, 1.807) is 11.0 Å². The molecule has 4 rings (SSSR count). The van der Waals surface area contributed by atoms with Crippen LogP contribution in [-0.4, -0.2) is 42.0 Å². The van der Waals surface area contributed by atoms with Crippen molar-refractivity contribution in [1.82, 2.24) is 9.88 Å². The fourth-order valence-corrected chi connectivity index (χ4v) is 4.99. The Morgan fingerprint density at radius 2 is 1.71 bits per heavy atom. The third-order valence-electron chi connectivity index (χ3n) is 6.99. The number of aromatic nitrogens is 1. The number of benzene rings is 2. The largest absolute Gasteiger partial charge is 0.397 e. The van der Waals surface area contributed by atoms with Gasteiger partial charge in [-0.1, -0.05) is 18.2 Å². The Kier molecular flexibility index (Phi) is 8.45. The first-order valence-electron chi connectivity index (χ1n) is 13.2. The first-order valence-corrected chi connectivity index (χ1v) is 13.2. The van der Waals surface area contributed by atoms with E-state index in [0.717, 1.165) is 56.4 Å². The summed E-state index contributed by atoms with van der Waals surface area (Å²) in [6.45, 7) is 7.20. The Balaban J connectivity index is 1.25. The fourth-order valence-electron chi connectivity index (χ4n) is 4.99. The van der Waals surface area contributed by atoms with Gasteiger partial charge in [-0.05, 0) is 88.6 Å². The summed E-state index contributed by atoms with van der Waals surface area (Å²) in [7, 11) is 0. The number of hydrogen-bond donors (Lipinski definition) is 3. The van der Waals surface area contributed by atoms with Crippen LogP contribution >= 0.6 is 0 Å². The summed E-state index contributed by atoms with van der Waals surface area (Å²) < 4.78 is 0. The molecule has 0 bridgehead atoms. The molecule has 186 valence electrons. The summed E-state index contributed by atoms with van der Waals surface area (Å²) in [5.41, 5.74) is 13.5. The molecule has 0 fully saturated rings. The number of fused-ring (bicyclic) bond motifs is 2. The Labute approximate surface area is 209 Å². The summed E-state index contributed by atoms with van der Waals surface area (Å²) in [6, 6.07) is 14.1. The van der Waals surface area contributed by atoms with Crippen LogP contribution in [0.15, 0.2) is 42.5 Å². The number of aryl methyl sites for hydroxylation is 1. The molecule has 35 heavy (non-hydrogen) atoms. The normalized spacial score (nSPS) is 12.9. The van der Waals surface area contributed by atoms with E-state index in [1.165, 1.54) is 35.2 Å². The van der Waals surface area contributed by atoms with E-state index >= 15 is 0 Å². The predicted octanol–water partition coefficient (Wildman–Crippen LogP) is 5.87. The molecule has 0 atom stereocenters. The number of para-hydroxylation sites is 1. The second-order valence-corrected chi connectivity index (χ2v) is 9.33. The average Bonchev–Trinajstić information content (AvgIpc) is 2.88. The van der Waals surface area contributed by atoms with E-state index in [4.69, 9.17) is 10.7 Å². The fraction of sp³-hybridized carbons (Fsp3) is 0.448. The molecule has 0 radical (unpaired) electrons. The molecule has 6 heteroatoms. The van der Waals surface area contributed by atoms with Crippen LogP contribution in [0.3, 0.4) is 0 Å². The second kappa shape index (κ2) is 11.9. The molecule has 1 amide bonds. The summed E-state index contributed by atoms with van der Waals surface area (Å²) in [5.74, 6) is 0.0315. The number of nitrogens with two attached hydrogens (primary N) is 1. The topological polar surface area (TPSA) is 83.3 Å². The molecule has 0 aliphatic heterocycles. The van der Waals surface area contributed by atoms with Gasteiger partial charge in [-0.3, -0.25) is 9.78 Å². The van der Waals surface area contributed by atoms with Gasteiger partial charge in [0.05, 0.1) is 16.9 Å². The number of nitrogens with zero attached hydrogens (tertiary/aromatic N) is 2. The van der Waals surface area contributed by atoms with Crippen LogP contribution in [0.4, 0.5) is 17.1 Å². The third kappa shape index (κ3) is 5.87. The van der Waals surface area contributed by atoms with Crippen LogP contribution < -0.4 is 16.4 Å². The molecule has 1 heterocycles. The van der Waals surface area contributed by atoms with Crippen molar-refractivity contribution in [1.29, 1.82) is 0 Å². The highest BCUT2D eigenvalue weighted by Crippen LogP contribution is 2.33. The quantitative estimate of drug-likeness (QED) is 0.240. The zero-order valence-electron chi connectivity index (χ0n) is 21.2. The lowest BCUT2D eigenvalue weighted by Gasteiger charge is -2.21. The number of anilines is 3. The molecule has 2 aromatic carbocycles. The van der Waals surface area contributed by atoms with Crippen molar-refractivity contribution in [2.45, 2.75) is 58.8 Å². The van der Waals surface area contributed by atoms with Crippen molar-refractivity contribution in [3.05, 3.63) is 59.3 Å². The number of nitrogen functional groups attached to an aromatic ring is 1. The van der Waals surface area contributed by atoms with E-state index in [9.17, 15) is 4.79 Å². The standard InChI is InChI=1S/C29H39N5O/c1-3-34(4-2)29(35)21-16-17-27(24(30)20-21)31-18-10-5-11-19-32-28-22-12-6-8-14-25(22)33-26-15-9-7-13-23(26)28/h6,8,12,14,16-17,20,31H,3-5,7,9-11,13,15,18-19,30H2,1-2H3,(H,32,33). The van der Waals surface area contributed by atoms with Crippen molar-refractivity contribution in [2.24, 2.45) is 0 Å². The monoisotopic (exact) mass is 473 g/mol. The van der Waals surface area contributed by atoms with Crippen molar-refractivity contribution in [3.8, 4) is 0 Å². The number of unbranched alkanes of at least 4 members (excludes halogenated alkanes) is 2. The van der Waals surface area contributed by atoms with E-state index in [0.29, 0.717) is 24.3 Å². The van der Waals surface area contributed by atoms with E-state index in [-0.39, 0.29) is 5.91 Å². The molecule has 3 aromatic rings. The number of pyridine rings is 1. The molecular formula is C29H39N5O. The predicted molar refractivity (Wildman–Crippen MR) is 147 cm³/mol. The van der Waals surface area contributed by atoms with Gasteiger partial charge in [-0.25, -0.2) is 0 Å². The number of carbonyl (C=O) groups is 1. The molecule has 0 saturated carbocycles. The Morgan fingerprint density at radius 3 is 2.49 bits per heavy atom. The van der Waals surface area contributed by atoms with Crippen molar-refractivity contribution < 1.29 is 4.79 Å². The van der Waals surface area contributed by atoms with Gasteiger partial charge in [-0.2, -0.15) is 0 Å². The summed E-state index contributed by atoms with van der Waals surface area (Å²) >= 11 is 0. The van der Waals surface area contributed by atoms with Crippen molar-refractivity contribution in [3.63, 3.8) is 0 Å². The Morgan fingerprint density at radius 1 is 0.971 bits per heavy atom. The van der Waals surface area contributed by atoms with Gasteiger partial charge in [-0.15, -0.1) is 0 Å². The van der Waals surface area contributed by atoms with Crippen LogP contribution in [0.5, 0.6) is 0 Å². The number of carbonyl (C=O) groups excluding carboxylic acids is 1. The van der Waals surface area contributed by atoms with Gasteiger partial charge in [0.25, 0.3) is 5.91 Å². The van der Waals surface area contributed by atoms with Crippen molar-refractivity contribution >= 4 is 33.9 Å². The third-order valence-corrected chi connectivity index (χ3v) is 6.99. The Hall–Kier alpha value is -3.28. The van der Waals surface area contributed by atoms with Gasteiger partial charge >= 0.3 is 0 Å². The van der Waals surface area contributed by atoms with Gasteiger partial charge in [0, 0.05) is 48.5 Å². The number of hydrogen-bond acceptors (Lipinski definition) is 5. The van der Waals surface area contributed by atoms with Crippen LogP contribution in [0.1, 0.15) is 67.6 Å². The highest BCUT2D eigenvalue weighted by atomic mass is 16.2. The van der Waals surface area contributed by atoms with Crippen LogP contribution in [-0.2, 0) is 12.8 Å². The van der Waals surface area contributed by atoms with Gasteiger partial charge in [0.15, 0.2) is 0 Å². The highest BCUT2D eigenvalue weighted by Gasteiger charge is 2.18. The minimum atomic E-state index is 0.0315. The second-order valence-electron chi connectivity index (χ2n) is 9.33. The number of rotatable bonds is 11. The van der Waals surface area contributed by atoms with Gasteiger partial charge in [0.1, 0.15) is 0 Å². The molecule has 0 unspecified atom stereocenters. The molecule has 0 spiro atoms. The smallest absolute Gasteiger partial charge is 0.253 e. The lowest BCUT2D eigenvalue weighted by Crippen LogP contribution is -2.30. The molecular weight excluding hydrogens is 434 g/mol. The highest BCUT2D eigenvalue weighted by molar-refractivity contribution is 5.96. The lowest BCUT2D eigenvalue weighted by molar-refractivity contribution is 0.0773. The lowest BCUT2D eigenvalue weighted by atomic mass is 9.92. The summed E-state index contributed by atoms with van der Waals surface area (Å²) in [4.78, 5) is 19.3. The first-order chi connectivity index (χ1) is 17.1. The zero-order chi connectivity index (χ0) is 24.6. The molecule has 1 aromatic heterocycles. The molecule has 1 aliphatic carbocycles. The summed E-state index contributed by atoms with van der Waals surface area (Å²) in [6.07, 6.45) is 8.01. The SMILES string of the molecule is CCN(CC)C(=O)c1ccc(NCCCCCNc2c3c(nc4ccccc24)CCCC3)c(N)c1. The van der Waals surface area contributed by atoms with E-state index in [1.807, 2.05) is 26.0 Å².